The van der Waals surface area contributed by atoms with Gasteiger partial charge in [-0.2, -0.15) is 20.2 Å². The number of carbonyl (C=O) groups excluding carboxylic acids is 2. The van der Waals surface area contributed by atoms with E-state index in [4.69, 9.17) is 19.5 Å². The Balaban J connectivity index is 0.000000161. The third-order valence-electron chi connectivity index (χ3n) is 11.7. The van der Waals surface area contributed by atoms with Gasteiger partial charge in [-0.3, -0.25) is 14.2 Å². The molecule has 8 heterocycles. The molecule has 5 N–H and O–H groups in total. The van der Waals surface area contributed by atoms with E-state index in [-0.39, 0.29) is 28.4 Å². The van der Waals surface area contributed by atoms with Crippen LogP contribution in [0.1, 0.15) is 104 Å². The highest BCUT2D eigenvalue weighted by atomic mass is 16.5. The second-order valence-electron chi connectivity index (χ2n) is 19.2. The van der Waals surface area contributed by atoms with Crippen LogP contribution in [0.3, 0.4) is 0 Å². The van der Waals surface area contributed by atoms with Crippen molar-refractivity contribution in [1.29, 1.82) is 0 Å². The number of nitrogens with two attached hydrogens (primary N) is 1. The van der Waals surface area contributed by atoms with Crippen molar-refractivity contribution in [3.63, 3.8) is 0 Å². The fourth-order valence-corrected chi connectivity index (χ4v) is 7.68. The summed E-state index contributed by atoms with van der Waals surface area (Å²) in [4.78, 5) is 56.9. The zero-order valence-corrected chi connectivity index (χ0v) is 42.7. The van der Waals surface area contributed by atoms with Crippen molar-refractivity contribution < 1.29 is 23.4 Å². The van der Waals surface area contributed by atoms with Crippen molar-refractivity contribution in [1.82, 2.24) is 75.1 Å². The number of esters is 1. The van der Waals surface area contributed by atoms with Gasteiger partial charge in [0.2, 0.25) is 11.8 Å². The molecular formula is C52H58N16O5. The Hall–Kier alpha value is -8.72. The summed E-state index contributed by atoms with van der Waals surface area (Å²) in [5, 5.41) is 18.7. The fourth-order valence-electron chi connectivity index (χ4n) is 7.68. The molecule has 21 heteroatoms. The van der Waals surface area contributed by atoms with Crippen molar-refractivity contribution >= 4 is 34.2 Å². The van der Waals surface area contributed by atoms with Gasteiger partial charge < -0.3 is 34.8 Å². The van der Waals surface area contributed by atoms with Crippen LogP contribution in [-0.2, 0) is 42.8 Å². The number of aryl methyl sites for hydroxylation is 2. The van der Waals surface area contributed by atoms with Crippen LogP contribution in [0.25, 0.3) is 67.4 Å². The number of carbonyl (C=O) groups is 2. The number of ether oxygens (including phenoxy) is 1. The molecule has 376 valence electrons. The third-order valence-corrected chi connectivity index (χ3v) is 11.7. The zero-order chi connectivity index (χ0) is 52.2. The lowest BCUT2D eigenvalue weighted by atomic mass is 9.96. The summed E-state index contributed by atoms with van der Waals surface area (Å²) in [6.45, 7) is 18.6. The number of amides is 1. The average molecular weight is 987 g/mol. The van der Waals surface area contributed by atoms with Crippen LogP contribution >= 0.6 is 0 Å². The first-order chi connectivity index (χ1) is 34.8. The van der Waals surface area contributed by atoms with E-state index in [1.807, 2.05) is 105 Å². The van der Waals surface area contributed by atoms with Crippen LogP contribution in [0.4, 0.5) is 0 Å². The summed E-state index contributed by atoms with van der Waals surface area (Å²) < 4.78 is 18.4. The quantitative estimate of drug-likeness (QED) is 0.0938. The van der Waals surface area contributed by atoms with Gasteiger partial charge in [-0.15, -0.1) is 0 Å². The number of imidazole rings is 2. The second-order valence-corrected chi connectivity index (χ2v) is 19.2. The Morgan fingerprint density at radius 3 is 1.60 bits per heavy atom. The molecule has 0 aliphatic carbocycles. The first-order valence-corrected chi connectivity index (χ1v) is 23.5. The number of fused-ring (bicyclic) bond motifs is 2. The average Bonchev–Trinajstić information content (AvgIpc) is 4.22. The number of H-pyrrole nitrogens is 2. The summed E-state index contributed by atoms with van der Waals surface area (Å²) in [5.74, 6) is 1.42. The van der Waals surface area contributed by atoms with E-state index in [9.17, 15) is 9.59 Å². The smallest absolute Gasteiger partial charge is 0.379 e. The highest BCUT2D eigenvalue weighted by Gasteiger charge is 2.26. The van der Waals surface area contributed by atoms with E-state index in [1.165, 1.54) is 5.56 Å². The number of hydrogen-bond acceptors (Lipinski definition) is 16. The van der Waals surface area contributed by atoms with Crippen LogP contribution in [0.15, 0.2) is 94.8 Å². The van der Waals surface area contributed by atoms with Gasteiger partial charge in [0.15, 0.2) is 11.3 Å². The highest BCUT2D eigenvalue weighted by Crippen LogP contribution is 2.34. The van der Waals surface area contributed by atoms with Gasteiger partial charge in [-0.25, -0.2) is 24.7 Å². The summed E-state index contributed by atoms with van der Waals surface area (Å²) in [7, 11) is 3.75. The summed E-state index contributed by atoms with van der Waals surface area (Å²) in [6, 6.07) is 16.2. The Bertz CT molecular complexity index is 3560. The summed E-state index contributed by atoms with van der Waals surface area (Å²) in [5.41, 5.74) is 18.8. The summed E-state index contributed by atoms with van der Waals surface area (Å²) >= 11 is 0. The van der Waals surface area contributed by atoms with Crippen LogP contribution in [0.5, 0.6) is 0 Å². The Kier molecular flexibility index (Phi) is 14.5. The van der Waals surface area contributed by atoms with E-state index in [0.29, 0.717) is 48.6 Å². The molecule has 73 heavy (non-hydrogen) atoms. The maximum absolute atomic E-state index is 12.6. The Morgan fingerprint density at radius 2 is 1.15 bits per heavy atom. The van der Waals surface area contributed by atoms with Crippen LogP contribution in [0, 0.1) is 13.8 Å². The molecule has 0 saturated carbocycles. The lowest BCUT2D eigenvalue weighted by Crippen LogP contribution is -2.24. The van der Waals surface area contributed by atoms with Crippen molar-refractivity contribution in [3.8, 4) is 45.0 Å². The van der Waals surface area contributed by atoms with E-state index < -0.39 is 5.97 Å². The number of nitrogens with zero attached hydrogens (tertiary/aromatic N) is 12. The predicted molar refractivity (Wildman–Crippen MR) is 274 cm³/mol. The molecule has 0 aliphatic rings. The van der Waals surface area contributed by atoms with Crippen LogP contribution in [0.2, 0.25) is 0 Å². The molecule has 10 aromatic rings. The van der Waals surface area contributed by atoms with E-state index in [2.05, 4.69) is 90.8 Å². The van der Waals surface area contributed by atoms with Gasteiger partial charge >= 0.3 is 5.97 Å². The molecule has 0 atom stereocenters. The van der Waals surface area contributed by atoms with Crippen molar-refractivity contribution in [3.05, 3.63) is 131 Å². The molecule has 8 aromatic heterocycles. The van der Waals surface area contributed by atoms with Crippen molar-refractivity contribution in [2.45, 2.75) is 86.2 Å². The first kappa shape index (κ1) is 50.7. The van der Waals surface area contributed by atoms with Gasteiger partial charge in [0.05, 0.1) is 41.2 Å². The third kappa shape index (κ3) is 11.3. The molecule has 0 saturated heterocycles. The largest absolute Gasteiger partial charge is 0.460 e. The molecule has 0 bridgehead atoms. The minimum atomic E-state index is -0.549. The van der Waals surface area contributed by atoms with Gasteiger partial charge in [-0.05, 0) is 71.4 Å². The first-order valence-electron chi connectivity index (χ1n) is 23.5. The molecule has 10 rings (SSSR count). The lowest BCUT2D eigenvalue weighted by Gasteiger charge is -2.12. The minimum absolute atomic E-state index is 0.0169. The van der Waals surface area contributed by atoms with Gasteiger partial charge in [0, 0.05) is 73.9 Å². The number of nitrogens with one attached hydrogen (secondary N) is 3. The number of hydrogen-bond donors (Lipinski definition) is 4. The normalized spacial score (nSPS) is 11.6. The van der Waals surface area contributed by atoms with E-state index >= 15 is 0 Å². The Labute approximate surface area is 420 Å². The number of benzene rings is 2. The van der Waals surface area contributed by atoms with Gasteiger partial charge in [0.1, 0.15) is 11.6 Å². The lowest BCUT2D eigenvalue weighted by molar-refractivity contribution is 0.0508. The van der Waals surface area contributed by atoms with Crippen LogP contribution < -0.4 is 11.1 Å². The second kappa shape index (κ2) is 20.9. The molecule has 0 aliphatic heterocycles. The Morgan fingerprint density at radius 1 is 0.671 bits per heavy atom. The van der Waals surface area contributed by atoms with E-state index in [1.54, 1.807) is 41.1 Å². The number of aromatic amines is 2. The molecule has 0 fully saturated rings. The maximum atomic E-state index is 12.6. The molecule has 0 radical (unpaired) electrons. The topological polar surface area (TPSA) is 278 Å². The number of pyridine rings is 2. The standard InChI is InChI=1S/C25H26N8O2.C18H18N6.C9H14N2O3/c1-14-15(11-27-23(34)22-31-24(35-32-22)25(2,3)4)7-6-8-17(14)18-9-10-26-21-19(18)29-20(30-21)16-12-28-33(5)13-16;1-11-12(8-19)4-3-5-14(11)15-6-7-20-18-16(15)22-17(23-18)13-9-21-24(2)10-13;1-5-13-7(12)6-10-8(14-11-6)9(2,3)4/h6-10,12-13H,11H2,1-5H3,(H,27,34)(H,26,29,30);3-7,9-10H,8,19H2,1-2H3,(H,20,22,23);5H2,1-4H3. The van der Waals surface area contributed by atoms with Gasteiger partial charge in [-0.1, -0.05) is 83.1 Å². The molecule has 0 spiro atoms. The fraction of sp³-hybridized carbons (Fsp3) is 0.308. The van der Waals surface area contributed by atoms with Crippen molar-refractivity contribution in [2.24, 2.45) is 19.8 Å². The van der Waals surface area contributed by atoms with Crippen LogP contribution in [-0.4, -0.2) is 88.2 Å². The summed E-state index contributed by atoms with van der Waals surface area (Å²) in [6.07, 6.45) is 10.9. The molecule has 1 amide bonds. The molecule has 2 aromatic carbocycles. The highest BCUT2D eigenvalue weighted by molar-refractivity contribution is 5.94. The zero-order valence-electron chi connectivity index (χ0n) is 42.7. The minimum Gasteiger partial charge on any atom is -0.460 e. The molecule has 0 unspecified atom stereocenters. The maximum Gasteiger partial charge on any atom is 0.379 e. The van der Waals surface area contributed by atoms with Gasteiger partial charge in [0.25, 0.3) is 17.6 Å². The van der Waals surface area contributed by atoms with E-state index in [0.717, 1.165) is 66.9 Å². The molecular weight excluding hydrogens is 929 g/mol. The molecule has 21 nitrogen and oxygen atoms in total. The number of aromatic nitrogens is 14. The van der Waals surface area contributed by atoms with Crippen molar-refractivity contribution in [2.75, 3.05) is 6.61 Å². The number of rotatable bonds is 10. The monoisotopic (exact) mass is 986 g/mol. The predicted octanol–water partition coefficient (Wildman–Crippen LogP) is 8.28. The SMILES string of the molecule is CCOC(=O)c1noc(C(C)(C)C)n1.Cc1c(CN)cccc1-c1ccnc2nc(-c3cnn(C)c3)[nH]c12.Cc1c(CNC(=O)c2noc(C(C)(C)C)n2)cccc1-c1ccnc2nc(-c3cnn(C)c3)[nH]c12.